The van der Waals surface area contributed by atoms with E-state index in [1.54, 1.807) is 6.08 Å². The van der Waals surface area contributed by atoms with Crippen molar-refractivity contribution >= 4 is 6.29 Å². The third kappa shape index (κ3) is 11.3. The van der Waals surface area contributed by atoms with Crippen LogP contribution in [-0.4, -0.2) is 11.4 Å². The van der Waals surface area contributed by atoms with Crippen LogP contribution < -0.4 is 0 Å². The lowest BCUT2D eigenvalue weighted by Gasteiger charge is -2.00. The maximum Gasteiger partial charge on any atom is 0.184 e. The third-order valence-corrected chi connectivity index (χ3v) is 2.78. The van der Waals surface area contributed by atoms with Crippen LogP contribution in [0.1, 0.15) is 71.1 Å². The molecule has 0 aliphatic carbocycles. The van der Waals surface area contributed by atoms with Crippen molar-refractivity contribution in [3.8, 4) is 0 Å². The van der Waals surface area contributed by atoms with Crippen LogP contribution in [0.5, 0.6) is 0 Å². The fourth-order valence-electron chi connectivity index (χ4n) is 1.75. The average Bonchev–Trinajstić information content (AvgIpc) is 2.31. The van der Waals surface area contributed by atoms with Crippen LogP contribution in [0.4, 0.5) is 0 Å². The molecule has 0 aromatic rings. The van der Waals surface area contributed by atoms with E-state index in [9.17, 15) is 4.79 Å². The Morgan fingerprint density at radius 2 is 1.44 bits per heavy atom. The second-order valence-electron chi connectivity index (χ2n) is 4.36. The second kappa shape index (κ2) is 12.3. The van der Waals surface area contributed by atoms with Crippen molar-refractivity contribution in [2.45, 2.75) is 71.1 Å². The van der Waals surface area contributed by atoms with E-state index in [1.165, 1.54) is 51.4 Å². The number of unbranched alkanes of at least 4 members (excludes halogenated alkanes) is 9. The molecule has 0 bridgehead atoms. The number of carbonyl (C=O) groups is 1. The largest absolute Gasteiger partial charge is 0.505 e. The van der Waals surface area contributed by atoms with E-state index < -0.39 is 0 Å². The number of hydrogen-bond donors (Lipinski definition) is 1. The quantitative estimate of drug-likeness (QED) is 0.243. The van der Waals surface area contributed by atoms with E-state index in [4.69, 9.17) is 5.11 Å². The Balaban J connectivity index is 3.07. The maximum atomic E-state index is 10.1. The van der Waals surface area contributed by atoms with Gasteiger partial charge in [-0.15, -0.1) is 0 Å². The summed E-state index contributed by atoms with van der Waals surface area (Å²) in [5.74, 6) is -0.125. The summed E-state index contributed by atoms with van der Waals surface area (Å²) < 4.78 is 0. The first-order chi connectivity index (χ1) is 7.81. The summed E-state index contributed by atoms with van der Waals surface area (Å²) in [6.45, 7) is 2.24. The monoisotopic (exact) mass is 226 g/mol. The Morgan fingerprint density at radius 1 is 0.938 bits per heavy atom. The third-order valence-electron chi connectivity index (χ3n) is 2.78. The van der Waals surface area contributed by atoms with Crippen LogP contribution >= 0.6 is 0 Å². The minimum atomic E-state index is -0.125. The first kappa shape index (κ1) is 15.2. The van der Waals surface area contributed by atoms with Gasteiger partial charge in [-0.3, -0.25) is 4.79 Å². The van der Waals surface area contributed by atoms with Crippen molar-refractivity contribution in [1.82, 2.24) is 0 Å². The number of hydrogen-bond acceptors (Lipinski definition) is 2. The van der Waals surface area contributed by atoms with Crippen molar-refractivity contribution in [2.24, 2.45) is 0 Å². The van der Waals surface area contributed by atoms with Gasteiger partial charge in [0.1, 0.15) is 0 Å². The normalized spacial score (nSPS) is 11.7. The molecule has 0 fully saturated rings. The second-order valence-corrected chi connectivity index (χ2v) is 4.36. The standard InChI is InChI=1S/C14H26O2/c1-2-3-4-5-6-7-8-9-10-11-12-14(16)13-15/h12-13,16H,2-11H2,1H3. The predicted molar refractivity (Wildman–Crippen MR) is 68.6 cm³/mol. The van der Waals surface area contributed by atoms with E-state index >= 15 is 0 Å². The summed E-state index contributed by atoms with van der Waals surface area (Å²) in [5, 5.41) is 8.87. The van der Waals surface area contributed by atoms with Crippen LogP contribution in [0, 0.1) is 0 Å². The SMILES string of the molecule is CCCCCCCCCCCC=C(O)C=O. The van der Waals surface area contributed by atoms with Crippen LogP contribution in [0.25, 0.3) is 0 Å². The van der Waals surface area contributed by atoms with Crippen LogP contribution in [0.15, 0.2) is 11.8 Å². The van der Waals surface area contributed by atoms with E-state index in [1.807, 2.05) is 0 Å². The van der Waals surface area contributed by atoms with Gasteiger partial charge in [0.15, 0.2) is 12.0 Å². The van der Waals surface area contributed by atoms with E-state index in [0.29, 0.717) is 6.29 Å². The molecule has 2 nitrogen and oxygen atoms in total. The molecule has 0 heterocycles. The molecule has 0 spiro atoms. The maximum absolute atomic E-state index is 10.1. The van der Waals surface area contributed by atoms with Crippen molar-refractivity contribution in [3.05, 3.63) is 11.8 Å². The van der Waals surface area contributed by atoms with Gasteiger partial charge in [0.05, 0.1) is 0 Å². The number of allylic oxidation sites excluding steroid dienone is 2. The number of carbonyl (C=O) groups excluding carboxylic acids is 1. The van der Waals surface area contributed by atoms with Gasteiger partial charge in [0.2, 0.25) is 0 Å². The number of aliphatic hydroxyl groups excluding tert-OH is 1. The molecule has 0 rings (SSSR count). The Hall–Kier alpha value is -0.790. The molecule has 0 atom stereocenters. The van der Waals surface area contributed by atoms with Crippen molar-refractivity contribution < 1.29 is 9.90 Å². The van der Waals surface area contributed by atoms with Gasteiger partial charge in [-0.1, -0.05) is 58.3 Å². The van der Waals surface area contributed by atoms with Gasteiger partial charge in [-0.05, 0) is 18.9 Å². The molecule has 0 aliphatic rings. The lowest BCUT2D eigenvalue weighted by Crippen LogP contribution is -1.83. The summed E-state index contributed by atoms with van der Waals surface area (Å²) in [6, 6.07) is 0. The van der Waals surface area contributed by atoms with E-state index in [-0.39, 0.29) is 5.76 Å². The zero-order valence-corrected chi connectivity index (χ0v) is 10.6. The molecule has 2 heteroatoms. The molecule has 1 N–H and O–H groups in total. The van der Waals surface area contributed by atoms with Crippen LogP contribution in [-0.2, 0) is 4.79 Å². The Morgan fingerprint density at radius 3 is 1.94 bits per heavy atom. The summed E-state index contributed by atoms with van der Waals surface area (Å²) in [5.41, 5.74) is 0. The fraction of sp³-hybridized carbons (Fsp3) is 0.786. The number of rotatable bonds is 11. The predicted octanol–water partition coefficient (Wildman–Crippen LogP) is 4.55. The smallest absolute Gasteiger partial charge is 0.184 e. The molecule has 16 heavy (non-hydrogen) atoms. The first-order valence-corrected chi connectivity index (χ1v) is 6.65. The Bertz CT molecular complexity index is 185. The highest BCUT2D eigenvalue weighted by atomic mass is 16.3. The zero-order valence-electron chi connectivity index (χ0n) is 10.6. The van der Waals surface area contributed by atoms with Crippen molar-refractivity contribution in [2.75, 3.05) is 0 Å². The lowest BCUT2D eigenvalue weighted by atomic mass is 10.1. The minimum Gasteiger partial charge on any atom is -0.505 e. The molecule has 0 saturated carbocycles. The van der Waals surface area contributed by atoms with Gasteiger partial charge in [0.25, 0.3) is 0 Å². The number of aldehydes is 1. The van der Waals surface area contributed by atoms with Crippen molar-refractivity contribution in [3.63, 3.8) is 0 Å². The zero-order chi connectivity index (χ0) is 12.1. The van der Waals surface area contributed by atoms with E-state index in [0.717, 1.165) is 12.8 Å². The van der Waals surface area contributed by atoms with Gasteiger partial charge in [0, 0.05) is 0 Å². The molecule has 0 amide bonds. The molecule has 0 unspecified atom stereocenters. The van der Waals surface area contributed by atoms with Gasteiger partial charge in [-0.25, -0.2) is 0 Å². The van der Waals surface area contributed by atoms with Gasteiger partial charge >= 0.3 is 0 Å². The topological polar surface area (TPSA) is 37.3 Å². The van der Waals surface area contributed by atoms with Gasteiger partial charge < -0.3 is 5.11 Å². The summed E-state index contributed by atoms with van der Waals surface area (Å²) in [6.07, 6.45) is 14.6. The fourth-order valence-corrected chi connectivity index (χ4v) is 1.75. The Kier molecular flexibility index (Phi) is 11.7. The highest BCUT2D eigenvalue weighted by Gasteiger charge is 1.92. The molecular formula is C14H26O2. The van der Waals surface area contributed by atoms with Gasteiger partial charge in [-0.2, -0.15) is 0 Å². The highest BCUT2D eigenvalue weighted by molar-refractivity contribution is 5.69. The average molecular weight is 226 g/mol. The minimum absolute atomic E-state index is 0.125. The molecule has 94 valence electrons. The first-order valence-electron chi connectivity index (χ1n) is 6.65. The summed E-state index contributed by atoms with van der Waals surface area (Å²) in [7, 11) is 0. The van der Waals surface area contributed by atoms with E-state index in [2.05, 4.69) is 6.92 Å². The van der Waals surface area contributed by atoms with Crippen LogP contribution in [0.3, 0.4) is 0 Å². The van der Waals surface area contributed by atoms with Crippen molar-refractivity contribution in [1.29, 1.82) is 0 Å². The molecule has 0 saturated heterocycles. The lowest BCUT2D eigenvalue weighted by molar-refractivity contribution is -0.107. The molecule has 0 radical (unpaired) electrons. The molecular weight excluding hydrogens is 200 g/mol. The van der Waals surface area contributed by atoms with Crippen LogP contribution in [0.2, 0.25) is 0 Å². The molecule has 0 aromatic heterocycles. The highest BCUT2D eigenvalue weighted by Crippen LogP contribution is 2.10. The molecule has 0 aromatic carbocycles. The summed E-state index contributed by atoms with van der Waals surface area (Å²) >= 11 is 0. The molecule has 0 aliphatic heterocycles. The Labute approximate surface area is 99.7 Å². The number of aliphatic hydroxyl groups is 1. The summed E-state index contributed by atoms with van der Waals surface area (Å²) in [4.78, 5) is 10.1.